The first kappa shape index (κ1) is 45.2. The third-order valence-electron chi connectivity index (χ3n) is 6.85. The number of rotatable bonds is 11. The van der Waals surface area contributed by atoms with Gasteiger partial charge < -0.3 is 28.2 Å². The Balaban J connectivity index is 2.02. The number of amides is 2. The smallest absolute Gasteiger partial charge is 0.468 e. The molecule has 0 saturated carbocycles. The number of hydrogen-bond acceptors (Lipinski definition) is 15. The average molecular weight is 817 g/mol. The highest BCUT2D eigenvalue weighted by atomic mass is 32.2. The van der Waals surface area contributed by atoms with Gasteiger partial charge >= 0.3 is 37.7 Å². The van der Waals surface area contributed by atoms with Crippen LogP contribution in [-0.2, 0) is 37.6 Å². The minimum atomic E-state index is -4.50. The van der Waals surface area contributed by atoms with Gasteiger partial charge in [0.15, 0.2) is 18.1 Å². The fourth-order valence-electron chi connectivity index (χ4n) is 4.69. The molecule has 1 fully saturated rings. The van der Waals surface area contributed by atoms with Crippen molar-refractivity contribution in [3.05, 3.63) is 53.1 Å². The number of esters is 1. The van der Waals surface area contributed by atoms with Gasteiger partial charge in [-0.3, -0.25) is 13.9 Å². The van der Waals surface area contributed by atoms with Crippen LogP contribution < -0.4 is 20.2 Å². The van der Waals surface area contributed by atoms with Crippen molar-refractivity contribution in [3.8, 4) is 5.75 Å². The first-order chi connectivity index (χ1) is 25.1. The zero-order valence-electron chi connectivity index (χ0n) is 32.9. The van der Waals surface area contributed by atoms with E-state index in [1.807, 2.05) is 0 Å². The maximum absolute atomic E-state index is 16.5. The number of imide groups is 1. The number of ether oxygens (including phenoxy) is 5. The van der Waals surface area contributed by atoms with Gasteiger partial charge in [-0.15, -0.1) is 11.8 Å². The van der Waals surface area contributed by atoms with Gasteiger partial charge in [-0.2, -0.15) is 15.0 Å². The quantitative estimate of drug-likeness (QED) is 0.139. The van der Waals surface area contributed by atoms with E-state index in [0.717, 1.165) is 35.7 Å². The Morgan fingerprint density at radius 3 is 1.93 bits per heavy atom. The Kier molecular flexibility index (Phi) is 14.2. The van der Waals surface area contributed by atoms with E-state index in [-0.39, 0.29) is 5.75 Å². The molecule has 1 N–H and O–H groups in total. The summed E-state index contributed by atoms with van der Waals surface area (Å²) in [6, 6.07) is 9.00. The summed E-state index contributed by atoms with van der Waals surface area (Å²) in [5.41, 5.74) is -5.82. The van der Waals surface area contributed by atoms with Crippen LogP contribution in [0.15, 0.2) is 47.4 Å². The molecule has 2 aromatic rings. The number of nitrogens with zero attached hydrogens (tertiary/aromatic N) is 3. The third-order valence-corrected chi connectivity index (χ3v) is 10.1. The van der Waals surface area contributed by atoms with Crippen LogP contribution in [0.3, 0.4) is 0 Å². The van der Waals surface area contributed by atoms with Crippen molar-refractivity contribution >= 4 is 49.6 Å². The number of alkyl halides is 1. The minimum absolute atomic E-state index is 0.102. The van der Waals surface area contributed by atoms with Crippen LogP contribution in [0.1, 0.15) is 81.5 Å². The lowest BCUT2D eigenvalue weighted by atomic mass is 10.1. The second kappa shape index (κ2) is 17.3. The predicted octanol–water partition coefficient (Wildman–Crippen LogP) is 6.94. The Bertz CT molecular complexity index is 1780. The Morgan fingerprint density at radius 1 is 0.891 bits per heavy atom. The molecule has 17 nitrogen and oxygen atoms in total. The summed E-state index contributed by atoms with van der Waals surface area (Å²) in [4.78, 5) is 69.5. The predicted molar refractivity (Wildman–Crippen MR) is 200 cm³/mol. The van der Waals surface area contributed by atoms with Crippen LogP contribution in [0.5, 0.6) is 5.75 Å². The van der Waals surface area contributed by atoms with Crippen molar-refractivity contribution in [2.75, 3.05) is 18.6 Å². The van der Waals surface area contributed by atoms with Gasteiger partial charge in [-0.1, -0.05) is 18.2 Å². The van der Waals surface area contributed by atoms with Crippen LogP contribution >= 0.6 is 19.5 Å². The fraction of sp³-hybridized carbons (Fsp3) is 0.600. The lowest BCUT2D eigenvalue weighted by Gasteiger charge is -2.30. The number of benzene rings is 1. The van der Waals surface area contributed by atoms with E-state index in [9.17, 15) is 28.5 Å². The highest BCUT2D eigenvalue weighted by molar-refractivity contribution is 8.00. The molecule has 2 heterocycles. The summed E-state index contributed by atoms with van der Waals surface area (Å²) in [6.45, 7) is 16.3. The topological polar surface area (TPSA) is 200 Å². The molecule has 3 rings (SSSR count). The van der Waals surface area contributed by atoms with Crippen LogP contribution in [0.2, 0.25) is 0 Å². The van der Waals surface area contributed by atoms with Crippen molar-refractivity contribution in [3.63, 3.8) is 0 Å². The molecule has 1 aromatic carbocycles. The first-order valence-electron chi connectivity index (χ1n) is 17.1. The lowest BCUT2D eigenvalue weighted by Crippen LogP contribution is -2.47. The number of aromatic nitrogens is 2. The fourth-order valence-corrected chi connectivity index (χ4v) is 7.95. The standard InChI is InChI=1S/C35H50FN4O13PS/c1-32(2,3)50-29(43)40(30(44)51-33(4,5)6)23-18-19-39(28(42)37-23)26-24(36)25(49-31(45)52-34(7,8)9)22(55-26)20-48-54(46,38-35(10,11)27(41)47-12)53-21-16-14-13-15-17-21/h13-19,22,24-26H,20H2,1-12H3,(H,38,46)/t22-,24+,25-,26?,54?/m1/s1. The molecule has 1 aliphatic heterocycles. The summed E-state index contributed by atoms with van der Waals surface area (Å²) in [7, 11) is -3.36. The summed E-state index contributed by atoms with van der Waals surface area (Å²) >= 11 is 0.770. The maximum Gasteiger partial charge on any atom is 0.509 e. The van der Waals surface area contributed by atoms with Gasteiger partial charge in [0.25, 0.3) is 0 Å². The molecule has 1 aromatic heterocycles. The molecular formula is C35H50FN4O13PS. The van der Waals surface area contributed by atoms with Crippen molar-refractivity contribution in [1.82, 2.24) is 14.6 Å². The molecule has 0 bridgehead atoms. The van der Waals surface area contributed by atoms with Crippen LogP contribution in [0.4, 0.5) is 24.6 Å². The molecule has 1 aliphatic rings. The highest BCUT2D eigenvalue weighted by Crippen LogP contribution is 2.50. The Hall–Kier alpha value is -4.19. The normalized spacial score (nSPS) is 20.1. The number of para-hydroxylation sites is 1. The molecule has 0 spiro atoms. The number of thioether (sulfide) groups is 1. The highest BCUT2D eigenvalue weighted by Gasteiger charge is 2.51. The number of carbonyl (C=O) groups is 4. The third kappa shape index (κ3) is 13.2. The monoisotopic (exact) mass is 816 g/mol. The largest absolute Gasteiger partial charge is 0.509 e. The molecule has 20 heteroatoms. The molecule has 5 atom stereocenters. The summed E-state index contributed by atoms with van der Waals surface area (Å²) < 4.78 is 69.3. The summed E-state index contributed by atoms with van der Waals surface area (Å²) in [5, 5.41) is -0.0539. The van der Waals surface area contributed by atoms with E-state index in [1.54, 1.807) is 80.5 Å². The number of halogens is 1. The molecule has 306 valence electrons. The minimum Gasteiger partial charge on any atom is -0.468 e. The summed E-state index contributed by atoms with van der Waals surface area (Å²) in [6.07, 6.45) is -6.29. The van der Waals surface area contributed by atoms with E-state index in [4.69, 9.17) is 32.7 Å². The van der Waals surface area contributed by atoms with Crippen molar-refractivity contribution in [2.45, 2.75) is 121 Å². The SMILES string of the molecule is COC(=O)C(C)(C)NP(=O)(OC[C@H]1SC(n2ccc(N(C(=O)OC(C)(C)C)C(=O)OC(C)(C)C)nc2=O)[C@@H](F)[C@@H]1OC(=O)OC(C)(C)C)Oc1ccccc1. The van der Waals surface area contributed by atoms with Gasteiger partial charge in [0.1, 0.15) is 33.5 Å². The van der Waals surface area contributed by atoms with E-state index in [0.29, 0.717) is 4.90 Å². The average Bonchev–Trinajstić information content (AvgIpc) is 3.31. The lowest BCUT2D eigenvalue weighted by molar-refractivity contribution is -0.146. The zero-order chi connectivity index (χ0) is 41.7. The van der Waals surface area contributed by atoms with E-state index in [1.165, 1.54) is 26.0 Å². The van der Waals surface area contributed by atoms with E-state index < -0.39 is 95.4 Å². The van der Waals surface area contributed by atoms with E-state index in [2.05, 4.69) is 10.1 Å². The van der Waals surface area contributed by atoms with Gasteiger partial charge in [0.05, 0.1) is 19.0 Å². The maximum atomic E-state index is 16.5. The number of methoxy groups -OCH3 is 1. The van der Waals surface area contributed by atoms with E-state index >= 15 is 4.39 Å². The number of anilines is 1. The Labute approximate surface area is 323 Å². The van der Waals surface area contributed by atoms with Gasteiger partial charge in [-0.05, 0) is 94.4 Å². The second-order valence-electron chi connectivity index (χ2n) is 15.8. The van der Waals surface area contributed by atoms with Crippen molar-refractivity contribution < 1.29 is 60.9 Å². The number of hydrogen-bond donors (Lipinski definition) is 1. The molecule has 1 saturated heterocycles. The Morgan fingerprint density at radius 2 is 1.44 bits per heavy atom. The molecule has 55 heavy (non-hydrogen) atoms. The molecule has 2 unspecified atom stereocenters. The summed E-state index contributed by atoms with van der Waals surface area (Å²) in [5.74, 6) is -1.17. The molecular weight excluding hydrogens is 766 g/mol. The number of carbonyl (C=O) groups excluding carboxylic acids is 4. The van der Waals surface area contributed by atoms with Crippen LogP contribution in [-0.4, -0.2) is 87.4 Å². The zero-order valence-corrected chi connectivity index (χ0v) is 34.7. The van der Waals surface area contributed by atoms with Gasteiger partial charge in [0, 0.05) is 6.20 Å². The van der Waals surface area contributed by atoms with Crippen LogP contribution in [0, 0.1) is 0 Å². The number of nitrogens with one attached hydrogen (secondary N) is 1. The van der Waals surface area contributed by atoms with Crippen molar-refractivity contribution in [2.24, 2.45) is 0 Å². The van der Waals surface area contributed by atoms with Gasteiger partial charge in [0.2, 0.25) is 0 Å². The first-order valence-corrected chi connectivity index (χ1v) is 19.5. The van der Waals surface area contributed by atoms with Gasteiger partial charge in [-0.25, -0.2) is 28.1 Å². The van der Waals surface area contributed by atoms with Crippen LogP contribution in [0.25, 0.3) is 0 Å². The second-order valence-corrected chi connectivity index (χ2v) is 18.8. The molecule has 0 radical (unpaired) electrons. The van der Waals surface area contributed by atoms with Crippen molar-refractivity contribution in [1.29, 1.82) is 0 Å². The molecule has 2 amide bonds. The molecule has 0 aliphatic carbocycles.